The minimum Gasteiger partial charge on any atom is -0.462 e. The highest BCUT2D eigenvalue weighted by Crippen LogP contribution is 2.36. The highest BCUT2D eigenvalue weighted by atomic mass is 32.2. The van der Waals surface area contributed by atoms with Crippen LogP contribution in [0.3, 0.4) is 0 Å². The Balaban J connectivity index is 1.98. The van der Waals surface area contributed by atoms with E-state index in [1.165, 1.54) is 6.42 Å². The van der Waals surface area contributed by atoms with Crippen molar-refractivity contribution in [1.29, 1.82) is 0 Å². The fourth-order valence-electron chi connectivity index (χ4n) is 3.48. The molecule has 2 fully saturated rings. The van der Waals surface area contributed by atoms with Gasteiger partial charge in [0.1, 0.15) is 6.10 Å². The second-order valence-electron chi connectivity index (χ2n) is 6.90. The van der Waals surface area contributed by atoms with Crippen LogP contribution in [0.1, 0.15) is 46.5 Å². The summed E-state index contributed by atoms with van der Waals surface area (Å²) in [6.07, 6.45) is 3.59. The third kappa shape index (κ3) is 3.74. The van der Waals surface area contributed by atoms with Crippen LogP contribution in [0.15, 0.2) is 0 Å². The van der Waals surface area contributed by atoms with Crippen LogP contribution in [0, 0.1) is 23.7 Å². The van der Waals surface area contributed by atoms with Gasteiger partial charge in [0.2, 0.25) is 0 Å². The maximum atomic E-state index is 12.2. The van der Waals surface area contributed by atoms with Gasteiger partial charge in [0.25, 0.3) is 0 Å². The zero-order valence-corrected chi connectivity index (χ0v) is 13.5. The van der Waals surface area contributed by atoms with Gasteiger partial charge in [0.05, 0.1) is 17.4 Å². The van der Waals surface area contributed by atoms with Gasteiger partial charge in [-0.3, -0.25) is 4.79 Å². The maximum Gasteiger partial charge on any atom is 0.310 e. The molecule has 5 heteroatoms. The van der Waals surface area contributed by atoms with E-state index in [-0.39, 0.29) is 23.6 Å². The van der Waals surface area contributed by atoms with Crippen molar-refractivity contribution < 1.29 is 17.9 Å². The summed E-state index contributed by atoms with van der Waals surface area (Å²) in [6, 6.07) is 0. The van der Waals surface area contributed by atoms with E-state index in [1.54, 1.807) is 0 Å². The minimum atomic E-state index is -3.02. The predicted octanol–water partition coefficient (Wildman–Crippen LogP) is 2.43. The third-order valence-electron chi connectivity index (χ3n) is 4.79. The van der Waals surface area contributed by atoms with Gasteiger partial charge in [0, 0.05) is 0 Å². The predicted molar refractivity (Wildman–Crippen MR) is 78.0 cm³/mol. The number of hydrogen-bond donors (Lipinski definition) is 0. The molecule has 0 aromatic carbocycles. The second-order valence-corrected chi connectivity index (χ2v) is 9.13. The topological polar surface area (TPSA) is 60.4 Å². The Morgan fingerprint density at radius 1 is 1.20 bits per heavy atom. The monoisotopic (exact) mass is 302 g/mol. The van der Waals surface area contributed by atoms with Gasteiger partial charge in [-0.1, -0.05) is 27.2 Å². The van der Waals surface area contributed by atoms with E-state index in [2.05, 4.69) is 20.8 Å². The molecule has 0 radical (unpaired) electrons. The Bertz CT molecular complexity index is 454. The number of ether oxygens (including phenoxy) is 1. The Hall–Kier alpha value is -0.580. The molecule has 0 aromatic rings. The third-order valence-corrected chi connectivity index (χ3v) is 6.56. The Morgan fingerprint density at radius 3 is 2.45 bits per heavy atom. The van der Waals surface area contributed by atoms with Crippen LogP contribution in [0.2, 0.25) is 0 Å². The number of esters is 1. The first kappa shape index (κ1) is 15.8. The van der Waals surface area contributed by atoms with Gasteiger partial charge >= 0.3 is 5.97 Å². The number of hydrogen-bond acceptors (Lipinski definition) is 4. The van der Waals surface area contributed by atoms with Gasteiger partial charge < -0.3 is 4.74 Å². The number of rotatable bonds is 3. The minimum absolute atomic E-state index is 0.0273. The first-order valence-electron chi connectivity index (χ1n) is 7.69. The summed E-state index contributed by atoms with van der Waals surface area (Å²) in [6.45, 7) is 6.53. The lowest BCUT2D eigenvalue weighted by Gasteiger charge is -2.37. The van der Waals surface area contributed by atoms with Crippen molar-refractivity contribution in [1.82, 2.24) is 0 Å². The Morgan fingerprint density at radius 2 is 1.90 bits per heavy atom. The number of carbonyl (C=O) groups excluding carboxylic acids is 1. The molecule has 1 aliphatic heterocycles. The molecule has 0 aromatic heterocycles. The van der Waals surface area contributed by atoms with E-state index in [1.807, 2.05) is 0 Å². The van der Waals surface area contributed by atoms with Crippen molar-refractivity contribution in [3.05, 3.63) is 0 Å². The molecule has 116 valence electrons. The summed E-state index contributed by atoms with van der Waals surface area (Å²) < 4.78 is 28.6. The van der Waals surface area contributed by atoms with E-state index in [0.717, 1.165) is 12.8 Å². The number of sulfone groups is 1. The van der Waals surface area contributed by atoms with Crippen LogP contribution in [0.5, 0.6) is 0 Å². The van der Waals surface area contributed by atoms with Gasteiger partial charge in [-0.2, -0.15) is 0 Å². The van der Waals surface area contributed by atoms with E-state index in [0.29, 0.717) is 24.2 Å². The van der Waals surface area contributed by atoms with Gasteiger partial charge in [0.15, 0.2) is 9.84 Å². The first-order chi connectivity index (χ1) is 9.28. The summed E-state index contributed by atoms with van der Waals surface area (Å²) in [5, 5.41) is 0. The van der Waals surface area contributed by atoms with Crippen LogP contribution in [-0.4, -0.2) is 32.0 Å². The van der Waals surface area contributed by atoms with Crippen LogP contribution < -0.4 is 0 Å². The normalized spacial score (nSPS) is 37.0. The summed E-state index contributed by atoms with van der Waals surface area (Å²) in [5.74, 6) is 0.846. The van der Waals surface area contributed by atoms with E-state index < -0.39 is 15.8 Å². The average molecular weight is 302 g/mol. The van der Waals surface area contributed by atoms with E-state index >= 15 is 0 Å². The summed E-state index contributed by atoms with van der Waals surface area (Å²) >= 11 is 0. The molecule has 2 aliphatic rings. The van der Waals surface area contributed by atoms with Crippen molar-refractivity contribution in [3.63, 3.8) is 0 Å². The average Bonchev–Trinajstić information content (AvgIpc) is 2.69. The van der Waals surface area contributed by atoms with Gasteiger partial charge in [-0.25, -0.2) is 8.42 Å². The standard InChI is InChI=1S/C15H26O4S/c1-10(2)13-5-4-11(3)8-14(13)19-15(16)12-6-7-20(17,18)9-12/h10-14H,4-9H2,1-3H3. The Kier molecular flexibility index (Phi) is 4.77. The quantitative estimate of drug-likeness (QED) is 0.751. The molecule has 0 spiro atoms. The summed E-state index contributed by atoms with van der Waals surface area (Å²) in [4.78, 5) is 12.2. The molecule has 1 saturated heterocycles. The van der Waals surface area contributed by atoms with Gasteiger partial charge in [-0.15, -0.1) is 0 Å². The number of carbonyl (C=O) groups is 1. The molecule has 0 amide bonds. The van der Waals surface area contributed by atoms with Crippen LogP contribution in [-0.2, 0) is 19.4 Å². The molecule has 2 rings (SSSR count). The molecular weight excluding hydrogens is 276 g/mol. The molecule has 20 heavy (non-hydrogen) atoms. The van der Waals surface area contributed by atoms with Crippen molar-refractivity contribution >= 4 is 15.8 Å². The van der Waals surface area contributed by atoms with Crippen molar-refractivity contribution in [2.24, 2.45) is 23.7 Å². The smallest absolute Gasteiger partial charge is 0.310 e. The Labute approximate surface area is 122 Å². The highest BCUT2D eigenvalue weighted by Gasteiger charge is 2.38. The van der Waals surface area contributed by atoms with Crippen molar-refractivity contribution in [3.8, 4) is 0 Å². The van der Waals surface area contributed by atoms with Gasteiger partial charge in [-0.05, 0) is 37.0 Å². The second kappa shape index (κ2) is 6.04. The molecule has 0 N–H and O–H groups in total. The van der Waals surface area contributed by atoms with Crippen LogP contribution in [0.25, 0.3) is 0 Å². The van der Waals surface area contributed by atoms with E-state index in [4.69, 9.17) is 4.74 Å². The first-order valence-corrected chi connectivity index (χ1v) is 9.51. The highest BCUT2D eigenvalue weighted by molar-refractivity contribution is 7.91. The molecule has 1 heterocycles. The van der Waals surface area contributed by atoms with E-state index in [9.17, 15) is 13.2 Å². The molecule has 0 bridgehead atoms. The van der Waals surface area contributed by atoms with Crippen molar-refractivity contribution in [2.75, 3.05) is 11.5 Å². The maximum absolute atomic E-state index is 12.2. The summed E-state index contributed by atoms with van der Waals surface area (Å²) in [7, 11) is -3.02. The van der Waals surface area contributed by atoms with Crippen molar-refractivity contribution in [2.45, 2.75) is 52.6 Å². The van der Waals surface area contributed by atoms with Crippen LogP contribution >= 0.6 is 0 Å². The fraction of sp³-hybridized carbons (Fsp3) is 0.933. The molecule has 4 nitrogen and oxygen atoms in total. The molecule has 1 saturated carbocycles. The zero-order chi connectivity index (χ0) is 14.9. The lowest BCUT2D eigenvalue weighted by molar-refractivity contribution is -0.160. The molecule has 4 atom stereocenters. The largest absolute Gasteiger partial charge is 0.462 e. The SMILES string of the molecule is CC1CCC(C(C)C)C(OC(=O)C2CCS(=O)(=O)C2)C1. The molecule has 4 unspecified atom stereocenters. The lowest BCUT2D eigenvalue weighted by atomic mass is 9.75. The molecular formula is C15H26O4S. The summed E-state index contributed by atoms with van der Waals surface area (Å²) in [5.41, 5.74) is 0. The van der Waals surface area contributed by atoms with Crippen LogP contribution in [0.4, 0.5) is 0 Å². The zero-order valence-electron chi connectivity index (χ0n) is 12.7. The molecule has 1 aliphatic carbocycles. The lowest BCUT2D eigenvalue weighted by Crippen LogP contribution is -2.37. The fourth-order valence-corrected chi connectivity index (χ4v) is 5.20.